The largest absolute Gasteiger partial charge is 0.481 e. The summed E-state index contributed by atoms with van der Waals surface area (Å²) in [4.78, 5) is 41.5. The predicted molar refractivity (Wildman–Crippen MR) is 129 cm³/mol. The normalized spacial score (nSPS) is 18.1. The molecule has 2 aromatic rings. The lowest BCUT2D eigenvalue weighted by Crippen LogP contribution is -2.54. The molecule has 0 aromatic heterocycles. The van der Waals surface area contributed by atoms with Gasteiger partial charge in [0.1, 0.15) is 5.60 Å². The molecule has 0 bridgehead atoms. The van der Waals surface area contributed by atoms with Crippen LogP contribution in [0.15, 0.2) is 48.5 Å². The zero-order valence-electron chi connectivity index (χ0n) is 19.9. The molecule has 2 aromatic carbocycles. The van der Waals surface area contributed by atoms with Crippen LogP contribution in [-0.2, 0) is 16.0 Å². The highest BCUT2D eigenvalue weighted by Crippen LogP contribution is 2.29. The summed E-state index contributed by atoms with van der Waals surface area (Å²) < 4.78 is 5.49. The Balaban J connectivity index is 1.40. The minimum absolute atomic E-state index is 0.0376. The molecule has 0 unspecified atom stereocenters. The van der Waals surface area contributed by atoms with E-state index in [0.29, 0.717) is 32.6 Å². The maximum absolute atomic E-state index is 13.0. The fourth-order valence-corrected chi connectivity index (χ4v) is 4.36. The lowest BCUT2D eigenvalue weighted by molar-refractivity contribution is -0.136. The van der Waals surface area contributed by atoms with Gasteiger partial charge >= 0.3 is 18.1 Å². The Morgan fingerprint density at radius 1 is 0.971 bits per heavy atom. The maximum Gasteiger partial charge on any atom is 0.410 e. The number of aryl methyl sites for hydroxylation is 1. The maximum atomic E-state index is 13.0. The number of urea groups is 1. The van der Waals surface area contributed by atoms with Gasteiger partial charge in [-0.3, -0.25) is 9.69 Å². The molecule has 34 heavy (non-hydrogen) atoms. The van der Waals surface area contributed by atoms with E-state index in [1.54, 1.807) is 9.80 Å². The van der Waals surface area contributed by atoms with Crippen LogP contribution < -0.4 is 4.90 Å². The summed E-state index contributed by atoms with van der Waals surface area (Å²) in [7, 11) is 0. The fourth-order valence-electron chi connectivity index (χ4n) is 4.36. The van der Waals surface area contributed by atoms with E-state index in [2.05, 4.69) is 0 Å². The zero-order chi connectivity index (χ0) is 24.5. The number of anilines is 1. The van der Waals surface area contributed by atoms with Gasteiger partial charge in [0.25, 0.3) is 0 Å². The van der Waals surface area contributed by atoms with E-state index in [1.165, 1.54) is 0 Å². The van der Waals surface area contributed by atoms with Crippen molar-refractivity contribution in [3.63, 3.8) is 0 Å². The van der Waals surface area contributed by atoms with Crippen molar-refractivity contribution in [3.8, 4) is 11.1 Å². The summed E-state index contributed by atoms with van der Waals surface area (Å²) in [5.74, 6) is -0.801. The van der Waals surface area contributed by atoms with Crippen molar-refractivity contribution in [2.24, 2.45) is 0 Å². The number of hydrogen-bond donors (Lipinski definition) is 1. The van der Waals surface area contributed by atoms with Crippen molar-refractivity contribution in [3.05, 3.63) is 54.1 Å². The number of nitrogens with zero attached hydrogens (tertiary/aromatic N) is 3. The third-order valence-corrected chi connectivity index (χ3v) is 6.10. The molecule has 0 spiro atoms. The highest BCUT2D eigenvalue weighted by Gasteiger charge is 2.42. The number of carboxylic acid groups (broad SMARTS) is 1. The Kier molecular flexibility index (Phi) is 6.50. The van der Waals surface area contributed by atoms with E-state index in [-0.39, 0.29) is 24.6 Å². The van der Waals surface area contributed by atoms with Gasteiger partial charge in [-0.2, -0.15) is 0 Å². The molecule has 8 nitrogen and oxygen atoms in total. The van der Waals surface area contributed by atoms with Gasteiger partial charge < -0.3 is 19.6 Å². The number of benzene rings is 2. The molecule has 0 radical (unpaired) electrons. The number of piperazine rings is 1. The first kappa shape index (κ1) is 23.6. The lowest BCUT2D eigenvalue weighted by Gasteiger charge is -2.36. The molecule has 2 saturated heterocycles. The molecule has 2 fully saturated rings. The van der Waals surface area contributed by atoms with E-state index in [1.807, 2.05) is 74.2 Å². The monoisotopic (exact) mass is 465 g/mol. The summed E-state index contributed by atoms with van der Waals surface area (Å²) in [6.07, 6.45) is 0.288. The molecule has 8 heteroatoms. The topological polar surface area (TPSA) is 90.4 Å². The minimum atomic E-state index is -0.801. The Labute approximate surface area is 199 Å². The lowest BCUT2D eigenvalue weighted by atomic mass is 10.0. The number of ether oxygens (including phenoxy) is 1. The summed E-state index contributed by atoms with van der Waals surface area (Å²) in [6, 6.07) is 15.6. The molecule has 0 saturated carbocycles. The van der Waals surface area contributed by atoms with Crippen molar-refractivity contribution in [1.82, 2.24) is 9.80 Å². The first-order valence-electron chi connectivity index (χ1n) is 11.6. The van der Waals surface area contributed by atoms with E-state index in [9.17, 15) is 14.4 Å². The Bertz CT molecular complexity index is 1060. The number of hydrogen-bond acceptors (Lipinski definition) is 4. The molecule has 2 aliphatic rings. The third-order valence-electron chi connectivity index (χ3n) is 6.10. The quantitative estimate of drug-likeness (QED) is 0.714. The van der Waals surface area contributed by atoms with Crippen molar-refractivity contribution >= 4 is 23.8 Å². The van der Waals surface area contributed by atoms with Crippen LogP contribution in [-0.4, -0.2) is 70.8 Å². The molecular formula is C26H31N3O5. The smallest absolute Gasteiger partial charge is 0.410 e. The number of aliphatic carboxylic acids is 1. The van der Waals surface area contributed by atoms with Crippen LogP contribution in [0.4, 0.5) is 15.3 Å². The van der Waals surface area contributed by atoms with Crippen molar-refractivity contribution in [2.45, 2.75) is 45.3 Å². The molecule has 2 heterocycles. The second-order valence-corrected chi connectivity index (χ2v) is 9.80. The van der Waals surface area contributed by atoms with Gasteiger partial charge in [-0.25, -0.2) is 9.59 Å². The van der Waals surface area contributed by atoms with Crippen LogP contribution >= 0.6 is 0 Å². The van der Waals surface area contributed by atoms with Crippen molar-refractivity contribution in [1.29, 1.82) is 0 Å². The highest BCUT2D eigenvalue weighted by atomic mass is 16.6. The summed E-state index contributed by atoms with van der Waals surface area (Å²) >= 11 is 0. The van der Waals surface area contributed by atoms with Crippen LogP contribution in [0.3, 0.4) is 0 Å². The predicted octanol–water partition coefficient (Wildman–Crippen LogP) is 4.23. The fraction of sp³-hybridized carbons (Fsp3) is 0.423. The summed E-state index contributed by atoms with van der Waals surface area (Å²) in [5.41, 5.74) is 3.32. The molecule has 1 N–H and O–H groups in total. The molecule has 180 valence electrons. The van der Waals surface area contributed by atoms with Crippen LogP contribution in [0.25, 0.3) is 11.1 Å². The Morgan fingerprint density at radius 3 is 2.18 bits per heavy atom. The van der Waals surface area contributed by atoms with Crippen LogP contribution in [0.5, 0.6) is 0 Å². The van der Waals surface area contributed by atoms with E-state index < -0.39 is 11.6 Å². The van der Waals surface area contributed by atoms with Gasteiger partial charge in [-0.1, -0.05) is 36.4 Å². The molecule has 3 amide bonds. The number of rotatable bonds is 5. The van der Waals surface area contributed by atoms with Gasteiger partial charge in [0.15, 0.2) is 0 Å². The van der Waals surface area contributed by atoms with Gasteiger partial charge in [0, 0.05) is 38.3 Å². The number of amides is 3. The van der Waals surface area contributed by atoms with Crippen LogP contribution in [0.2, 0.25) is 0 Å². The highest BCUT2D eigenvalue weighted by molar-refractivity contribution is 5.95. The summed E-state index contributed by atoms with van der Waals surface area (Å²) in [6.45, 7) is 7.48. The van der Waals surface area contributed by atoms with Gasteiger partial charge in [-0.15, -0.1) is 0 Å². The SMILES string of the molecule is CC(C)(C)OC(=O)N1CCN2C(=O)N(c3ccc(-c4ccc(CCC(=O)O)cc4)cc3)C[C@@H]2C1. The second kappa shape index (κ2) is 9.37. The van der Waals surface area contributed by atoms with Crippen molar-refractivity contribution in [2.75, 3.05) is 31.1 Å². The number of carbonyl (C=O) groups excluding carboxylic acids is 2. The van der Waals surface area contributed by atoms with Crippen LogP contribution in [0.1, 0.15) is 32.8 Å². The average molecular weight is 466 g/mol. The average Bonchev–Trinajstić information content (AvgIpc) is 3.13. The zero-order valence-corrected chi connectivity index (χ0v) is 19.9. The molecule has 4 rings (SSSR count). The first-order valence-corrected chi connectivity index (χ1v) is 11.6. The molecule has 1 atom stereocenters. The molecule has 0 aliphatic carbocycles. The summed E-state index contributed by atoms with van der Waals surface area (Å²) in [5, 5.41) is 8.83. The Hall–Kier alpha value is -3.55. The van der Waals surface area contributed by atoms with E-state index >= 15 is 0 Å². The van der Waals surface area contributed by atoms with Gasteiger partial charge in [0.2, 0.25) is 0 Å². The molecular weight excluding hydrogens is 434 g/mol. The number of carboxylic acids is 1. The minimum Gasteiger partial charge on any atom is -0.481 e. The third kappa shape index (κ3) is 5.32. The van der Waals surface area contributed by atoms with Gasteiger partial charge in [-0.05, 0) is 56.0 Å². The van der Waals surface area contributed by atoms with E-state index in [4.69, 9.17) is 9.84 Å². The second-order valence-electron chi connectivity index (χ2n) is 9.80. The Morgan fingerprint density at radius 2 is 1.59 bits per heavy atom. The standard InChI is InChI=1S/C26H31N3O5/c1-26(2,3)34-25(33)27-14-15-28-22(16-27)17-29(24(28)32)21-11-9-20(10-12-21)19-7-4-18(5-8-19)6-13-23(30)31/h4-5,7-12,22H,6,13-17H2,1-3H3,(H,30,31)/t22-/m0/s1. The van der Waals surface area contributed by atoms with Gasteiger partial charge in [0.05, 0.1) is 6.04 Å². The van der Waals surface area contributed by atoms with Crippen LogP contribution in [0, 0.1) is 0 Å². The first-order chi connectivity index (χ1) is 16.1. The number of fused-ring (bicyclic) bond motifs is 1. The molecule has 2 aliphatic heterocycles. The van der Waals surface area contributed by atoms with E-state index in [0.717, 1.165) is 22.4 Å². The van der Waals surface area contributed by atoms with Crippen molar-refractivity contribution < 1.29 is 24.2 Å². The number of carbonyl (C=O) groups is 3.